The van der Waals surface area contributed by atoms with E-state index in [1.165, 1.54) is 0 Å². The first-order valence-electron chi connectivity index (χ1n) is 6.97. The highest BCUT2D eigenvalue weighted by atomic mass is 16.2. The summed E-state index contributed by atoms with van der Waals surface area (Å²) in [5.41, 5.74) is 3.93. The number of benzene rings is 2. The van der Waals surface area contributed by atoms with Crippen molar-refractivity contribution in [2.75, 3.05) is 19.0 Å². The molecule has 0 unspecified atom stereocenters. The van der Waals surface area contributed by atoms with Crippen LogP contribution in [0.4, 0.5) is 5.69 Å². The molecule has 2 aromatic carbocycles. The van der Waals surface area contributed by atoms with Gasteiger partial charge in [0.25, 0.3) is 5.91 Å². The minimum atomic E-state index is -0.0750. The minimum absolute atomic E-state index is 0.0750. The SMILES string of the molecule is CNC(=O)c1ccc(CNc2ccc(CCO)cc2)cc1. The van der Waals surface area contributed by atoms with E-state index < -0.39 is 0 Å². The predicted octanol–water partition coefficient (Wildman–Crippen LogP) is 2.19. The van der Waals surface area contributed by atoms with Crippen molar-refractivity contribution in [1.29, 1.82) is 0 Å². The monoisotopic (exact) mass is 284 g/mol. The second-order valence-corrected chi connectivity index (χ2v) is 4.80. The van der Waals surface area contributed by atoms with Crippen LogP contribution in [0.2, 0.25) is 0 Å². The molecular formula is C17H20N2O2. The van der Waals surface area contributed by atoms with E-state index in [4.69, 9.17) is 5.11 Å². The van der Waals surface area contributed by atoms with Gasteiger partial charge in [-0.1, -0.05) is 24.3 Å². The molecule has 0 aliphatic heterocycles. The Hall–Kier alpha value is -2.33. The lowest BCUT2D eigenvalue weighted by Crippen LogP contribution is -2.17. The van der Waals surface area contributed by atoms with Crippen LogP contribution in [0.3, 0.4) is 0 Å². The van der Waals surface area contributed by atoms with E-state index in [1.54, 1.807) is 7.05 Å². The molecule has 4 nitrogen and oxygen atoms in total. The Kier molecular flexibility index (Phi) is 5.35. The molecule has 2 aromatic rings. The lowest BCUT2D eigenvalue weighted by atomic mass is 10.1. The van der Waals surface area contributed by atoms with E-state index in [1.807, 2.05) is 48.5 Å². The Morgan fingerprint density at radius 1 is 1.00 bits per heavy atom. The van der Waals surface area contributed by atoms with Crippen LogP contribution in [0.25, 0.3) is 0 Å². The lowest BCUT2D eigenvalue weighted by molar-refractivity contribution is 0.0963. The van der Waals surface area contributed by atoms with Crippen molar-refractivity contribution in [3.05, 3.63) is 65.2 Å². The zero-order chi connectivity index (χ0) is 15.1. The van der Waals surface area contributed by atoms with Crippen LogP contribution >= 0.6 is 0 Å². The number of hydrogen-bond donors (Lipinski definition) is 3. The summed E-state index contributed by atoms with van der Waals surface area (Å²) >= 11 is 0. The molecule has 0 heterocycles. The molecule has 0 aromatic heterocycles. The summed E-state index contributed by atoms with van der Waals surface area (Å²) in [6.07, 6.45) is 0.682. The third-order valence-electron chi connectivity index (χ3n) is 3.29. The van der Waals surface area contributed by atoms with Crippen molar-refractivity contribution in [1.82, 2.24) is 5.32 Å². The van der Waals surface area contributed by atoms with Crippen molar-refractivity contribution in [2.24, 2.45) is 0 Å². The molecule has 0 saturated heterocycles. The largest absolute Gasteiger partial charge is 0.396 e. The van der Waals surface area contributed by atoms with E-state index in [9.17, 15) is 4.79 Å². The molecule has 0 fully saturated rings. The molecule has 2 rings (SSSR count). The summed E-state index contributed by atoms with van der Waals surface area (Å²) in [6, 6.07) is 15.5. The molecule has 21 heavy (non-hydrogen) atoms. The minimum Gasteiger partial charge on any atom is -0.396 e. The number of rotatable bonds is 6. The number of carbonyl (C=O) groups is 1. The fourth-order valence-corrected chi connectivity index (χ4v) is 2.04. The topological polar surface area (TPSA) is 61.4 Å². The average Bonchev–Trinajstić information content (AvgIpc) is 2.54. The van der Waals surface area contributed by atoms with Crippen LogP contribution in [0, 0.1) is 0 Å². The first-order valence-corrected chi connectivity index (χ1v) is 6.97. The van der Waals surface area contributed by atoms with Crippen LogP contribution in [0.1, 0.15) is 21.5 Å². The van der Waals surface area contributed by atoms with Crippen LogP contribution in [0.15, 0.2) is 48.5 Å². The van der Waals surface area contributed by atoms with E-state index in [-0.39, 0.29) is 12.5 Å². The van der Waals surface area contributed by atoms with E-state index in [2.05, 4.69) is 10.6 Å². The number of carbonyl (C=O) groups excluding carboxylic acids is 1. The van der Waals surface area contributed by atoms with Crippen LogP contribution in [-0.2, 0) is 13.0 Å². The highest BCUT2D eigenvalue weighted by Gasteiger charge is 2.02. The number of amides is 1. The highest BCUT2D eigenvalue weighted by Crippen LogP contribution is 2.12. The summed E-state index contributed by atoms with van der Waals surface area (Å²) in [4.78, 5) is 11.4. The van der Waals surface area contributed by atoms with E-state index in [0.29, 0.717) is 18.5 Å². The maximum absolute atomic E-state index is 11.4. The quantitative estimate of drug-likeness (QED) is 0.762. The average molecular weight is 284 g/mol. The summed E-state index contributed by atoms with van der Waals surface area (Å²) < 4.78 is 0. The van der Waals surface area contributed by atoms with Gasteiger partial charge in [0.05, 0.1) is 0 Å². The molecule has 110 valence electrons. The van der Waals surface area contributed by atoms with Crippen molar-refractivity contribution >= 4 is 11.6 Å². The van der Waals surface area contributed by atoms with Gasteiger partial charge in [-0.15, -0.1) is 0 Å². The predicted molar refractivity (Wildman–Crippen MR) is 84.4 cm³/mol. The van der Waals surface area contributed by atoms with E-state index in [0.717, 1.165) is 16.8 Å². The Bertz CT molecular complexity index is 577. The van der Waals surface area contributed by atoms with Gasteiger partial charge in [0.2, 0.25) is 0 Å². The zero-order valence-corrected chi connectivity index (χ0v) is 12.1. The van der Waals surface area contributed by atoms with Gasteiger partial charge in [0, 0.05) is 31.5 Å². The second-order valence-electron chi connectivity index (χ2n) is 4.80. The van der Waals surface area contributed by atoms with Gasteiger partial charge >= 0.3 is 0 Å². The van der Waals surface area contributed by atoms with Crippen molar-refractivity contribution in [3.8, 4) is 0 Å². The fraction of sp³-hybridized carbons (Fsp3) is 0.235. The first-order chi connectivity index (χ1) is 10.2. The van der Waals surface area contributed by atoms with Gasteiger partial charge in [0.1, 0.15) is 0 Å². The third-order valence-corrected chi connectivity index (χ3v) is 3.29. The fourth-order valence-electron chi connectivity index (χ4n) is 2.04. The molecule has 0 atom stereocenters. The molecule has 4 heteroatoms. The zero-order valence-electron chi connectivity index (χ0n) is 12.1. The van der Waals surface area contributed by atoms with Gasteiger partial charge in [-0.05, 0) is 41.8 Å². The first kappa shape index (κ1) is 15.1. The van der Waals surface area contributed by atoms with Gasteiger partial charge in [-0.2, -0.15) is 0 Å². The molecule has 0 saturated carbocycles. The molecule has 0 radical (unpaired) electrons. The van der Waals surface area contributed by atoms with Crippen molar-refractivity contribution in [2.45, 2.75) is 13.0 Å². The molecule has 0 aliphatic rings. The Balaban J connectivity index is 1.91. The summed E-state index contributed by atoms with van der Waals surface area (Å²) in [6.45, 7) is 0.873. The molecule has 1 amide bonds. The number of aliphatic hydroxyl groups excluding tert-OH is 1. The molecule has 0 spiro atoms. The Morgan fingerprint density at radius 3 is 2.19 bits per heavy atom. The van der Waals surface area contributed by atoms with Gasteiger partial charge < -0.3 is 15.7 Å². The molecular weight excluding hydrogens is 264 g/mol. The number of hydrogen-bond acceptors (Lipinski definition) is 3. The maximum Gasteiger partial charge on any atom is 0.251 e. The Labute approximate surface area is 124 Å². The summed E-state index contributed by atoms with van der Waals surface area (Å²) in [5, 5.41) is 14.8. The number of nitrogens with one attached hydrogen (secondary N) is 2. The maximum atomic E-state index is 11.4. The lowest BCUT2D eigenvalue weighted by Gasteiger charge is -2.08. The van der Waals surface area contributed by atoms with Crippen LogP contribution < -0.4 is 10.6 Å². The molecule has 0 aliphatic carbocycles. The Morgan fingerprint density at radius 2 is 1.62 bits per heavy atom. The second kappa shape index (κ2) is 7.45. The highest BCUT2D eigenvalue weighted by molar-refractivity contribution is 5.93. The molecule has 3 N–H and O–H groups in total. The number of aliphatic hydroxyl groups is 1. The number of anilines is 1. The van der Waals surface area contributed by atoms with E-state index >= 15 is 0 Å². The van der Waals surface area contributed by atoms with Crippen LogP contribution in [0.5, 0.6) is 0 Å². The van der Waals surface area contributed by atoms with Gasteiger partial charge in [0.15, 0.2) is 0 Å². The van der Waals surface area contributed by atoms with Crippen molar-refractivity contribution < 1.29 is 9.90 Å². The standard InChI is InChI=1S/C17H20N2O2/c1-18-17(21)15-6-2-14(3-7-15)12-19-16-8-4-13(5-9-16)10-11-20/h2-9,19-20H,10-12H2,1H3,(H,18,21). The summed E-state index contributed by atoms with van der Waals surface area (Å²) in [7, 11) is 1.62. The van der Waals surface area contributed by atoms with Crippen molar-refractivity contribution in [3.63, 3.8) is 0 Å². The van der Waals surface area contributed by atoms with Crippen LogP contribution in [-0.4, -0.2) is 24.7 Å². The smallest absolute Gasteiger partial charge is 0.251 e. The normalized spacial score (nSPS) is 10.2. The summed E-state index contributed by atoms with van der Waals surface area (Å²) in [5.74, 6) is -0.0750. The third kappa shape index (κ3) is 4.33. The van der Waals surface area contributed by atoms with Gasteiger partial charge in [-0.3, -0.25) is 4.79 Å². The molecule has 0 bridgehead atoms. The van der Waals surface area contributed by atoms with Gasteiger partial charge in [-0.25, -0.2) is 0 Å².